The van der Waals surface area contributed by atoms with Crippen LogP contribution in [-0.4, -0.2) is 16.1 Å². The lowest BCUT2D eigenvalue weighted by Gasteiger charge is -2.08. The molecule has 0 bridgehead atoms. The fourth-order valence-electron chi connectivity index (χ4n) is 3.29. The van der Waals surface area contributed by atoms with Crippen LogP contribution >= 0.6 is 0 Å². The van der Waals surface area contributed by atoms with E-state index in [9.17, 15) is 4.79 Å². The number of anilines is 1. The topological polar surface area (TPSA) is 81.2 Å². The van der Waals surface area contributed by atoms with Gasteiger partial charge in [-0.15, -0.1) is 5.10 Å². The third-order valence-corrected chi connectivity index (χ3v) is 4.81. The third-order valence-electron chi connectivity index (χ3n) is 4.81. The van der Waals surface area contributed by atoms with Crippen molar-refractivity contribution in [1.29, 1.82) is 0 Å². The van der Waals surface area contributed by atoms with Crippen molar-refractivity contribution >= 4 is 11.9 Å². The van der Waals surface area contributed by atoms with E-state index in [1.54, 1.807) is 18.2 Å². The Bertz CT molecular complexity index is 1330. The van der Waals surface area contributed by atoms with Crippen LogP contribution in [0.2, 0.25) is 0 Å². The van der Waals surface area contributed by atoms with Crippen molar-refractivity contribution in [3.8, 4) is 33.9 Å². The molecule has 0 unspecified atom stereocenters. The Kier molecular flexibility index (Phi) is 4.86. The van der Waals surface area contributed by atoms with Crippen molar-refractivity contribution in [2.75, 3.05) is 5.32 Å². The highest BCUT2D eigenvalue weighted by atomic mass is 16.4. The molecular weight excluding hydrogens is 390 g/mol. The first kappa shape index (κ1) is 18.6. The number of carbonyl (C=O) groups is 1. The smallest absolute Gasteiger partial charge is 0.322 e. The van der Waals surface area contributed by atoms with Crippen LogP contribution in [-0.2, 0) is 0 Å². The molecule has 150 valence electrons. The minimum atomic E-state index is -0.337. The van der Waals surface area contributed by atoms with Crippen molar-refractivity contribution in [1.82, 2.24) is 10.2 Å². The molecule has 31 heavy (non-hydrogen) atoms. The van der Waals surface area contributed by atoms with Gasteiger partial charge in [0.25, 0.3) is 11.8 Å². The first-order valence-corrected chi connectivity index (χ1v) is 9.71. The maximum Gasteiger partial charge on any atom is 0.322 e. The summed E-state index contributed by atoms with van der Waals surface area (Å²) in [5.41, 5.74) is 4.70. The molecule has 2 heterocycles. The number of hydrogen-bond acceptors (Lipinski definition) is 5. The molecule has 0 aliphatic heterocycles. The Labute approximate surface area is 178 Å². The molecule has 3 aromatic carbocycles. The van der Waals surface area contributed by atoms with E-state index in [0.29, 0.717) is 11.3 Å². The van der Waals surface area contributed by atoms with Crippen LogP contribution in [0, 0.1) is 0 Å². The third kappa shape index (κ3) is 4.00. The van der Waals surface area contributed by atoms with Gasteiger partial charge in [-0.1, -0.05) is 65.8 Å². The van der Waals surface area contributed by atoms with Gasteiger partial charge in [-0.25, -0.2) is 0 Å². The standard InChI is InChI=1S/C25H17N3O3/c29-23(26-25-28-27-24(31-25)22-13-6-14-30-22)21-12-5-11-20(16-21)19-10-4-9-18(15-19)17-7-2-1-3-8-17/h1-16H,(H,26,28,29). The Morgan fingerprint density at radius 3 is 2.19 bits per heavy atom. The normalized spacial score (nSPS) is 10.7. The summed E-state index contributed by atoms with van der Waals surface area (Å²) in [5, 5.41) is 10.4. The van der Waals surface area contributed by atoms with Gasteiger partial charge in [0, 0.05) is 5.56 Å². The summed E-state index contributed by atoms with van der Waals surface area (Å²) in [6, 6.07) is 29.2. The molecule has 0 radical (unpaired) electrons. The van der Waals surface area contributed by atoms with E-state index in [2.05, 4.69) is 39.8 Å². The molecule has 5 aromatic rings. The Balaban J connectivity index is 1.37. The van der Waals surface area contributed by atoms with E-state index in [4.69, 9.17) is 8.83 Å². The quantitative estimate of drug-likeness (QED) is 0.391. The lowest BCUT2D eigenvalue weighted by atomic mass is 9.98. The van der Waals surface area contributed by atoms with Gasteiger partial charge < -0.3 is 8.83 Å². The highest BCUT2D eigenvalue weighted by molar-refractivity contribution is 6.03. The number of rotatable bonds is 5. The van der Waals surface area contributed by atoms with E-state index in [0.717, 1.165) is 22.3 Å². The molecule has 0 saturated carbocycles. The van der Waals surface area contributed by atoms with E-state index < -0.39 is 0 Å². The summed E-state index contributed by atoms with van der Waals surface area (Å²) in [4.78, 5) is 12.7. The van der Waals surface area contributed by atoms with Crippen LogP contribution in [0.5, 0.6) is 0 Å². The van der Waals surface area contributed by atoms with Crippen molar-refractivity contribution in [3.63, 3.8) is 0 Å². The van der Waals surface area contributed by atoms with Gasteiger partial charge >= 0.3 is 6.01 Å². The lowest BCUT2D eigenvalue weighted by Crippen LogP contribution is -2.12. The molecule has 6 heteroatoms. The Hall–Kier alpha value is -4.45. The lowest BCUT2D eigenvalue weighted by molar-refractivity contribution is 0.102. The van der Waals surface area contributed by atoms with Crippen LogP contribution in [0.3, 0.4) is 0 Å². The minimum absolute atomic E-state index is 0.00729. The van der Waals surface area contributed by atoms with Crippen LogP contribution in [0.1, 0.15) is 10.4 Å². The van der Waals surface area contributed by atoms with Gasteiger partial charge in [0.05, 0.1) is 6.26 Å². The number of amides is 1. The molecule has 2 aromatic heterocycles. The SMILES string of the molecule is O=C(Nc1nnc(-c2ccco2)o1)c1cccc(-c2cccc(-c3ccccc3)c2)c1. The first-order chi connectivity index (χ1) is 15.3. The molecule has 6 nitrogen and oxygen atoms in total. The summed E-state index contributed by atoms with van der Waals surface area (Å²) in [6.07, 6.45) is 1.51. The fourth-order valence-corrected chi connectivity index (χ4v) is 3.29. The number of hydrogen-bond donors (Lipinski definition) is 1. The maximum atomic E-state index is 12.7. The van der Waals surface area contributed by atoms with Crippen LogP contribution in [0.4, 0.5) is 6.01 Å². The second kappa shape index (κ2) is 8.12. The number of nitrogens with zero attached hydrogens (tertiary/aromatic N) is 2. The largest absolute Gasteiger partial charge is 0.459 e. The summed E-state index contributed by atoms with van der Waals surface area (Å²) < 4.78 is 10.7. The van der Waals surface area contributed by atoms with Crippen LogP contribution in [0.25, 0.3) is 33.9 Å². The Morgan fingerprint density at radius 2 is 1.42 bits per heavy atom. The van der Waals surface area contributed by atoms with E-state index in [1.807, 2.05) is 48.5 Å². The zero-order valence-corrected chi connectivity index (χ0v) is 16.4. The summed E-state index contributed by atoms with van der Waals surface area (Å²) in [6.45, 7) is 0. The van der Waals surface area contributed by atoms with Crippen molar-refractivity contribution in [2.24, 2.45) is 0 Å². The monoisotopic (exact) mass is 407 g/mol. The molecule has 0 atom stereocenters. The molecule has 0 fully saturated rings. The molecule has 1 amide bonds. The number of aromatic nitrogens is 2. The van der Waals surface area contributed by atoms with Crippen LogP contribution < -0.4 is 5.32 Å². The van der Waals surface area contributed by atoms with Crippen molar-refractivity contribution in [3.05, 3.63) is 103 Å². The fraction of sp³-hybridized carbons (Fsp3) is 0. The first-order valence-electron chi connectivity index (χ1n) is 9.71. The number of furan rings is 1. The number of benzene rings is 3. The molecule has 0 saturated heterocycles. The predicted molar refractivity (Wildman–Crippen MR) is 117 cm³/mol. The van der Waals surface area contributed by atoms with Gasteiger partial charge in [0.15, 0.2) is 5.76 Å². The second-order valence-electron chi connectivity index (χ2n) is 6.87. The molecular formula is C25H17N3O3. The Morgan fingerprint density at radius 1 is 0.710 bits per heavy atom. The average Bonchev–Trinajstić information content (AvgIpc) is 3.52. The highest BCUT2D eigenvalue weighted by Crippen LogP contribution is 2.27. The average molecular weight is 407 g/mol. The summed E-state index contributed by atoms with van der Waals surface area (Å²) in [7, 11) is 0. The second-order valence-corrected chi connectivity index (χ2v) is 6.87. The number of nitrogens with one attached hydrogen (secondary N) is 1. The zero-order valence-electron chi connectivity index (χ0n) is 16.4. The summed E-state index contributed by atoms with van der Waals surface area (Å²) >= 11 is 0. The van der Waals surface area contributed by atoms with Gasteiger partial charge in [0.1, 0.15) is 0 Å². The van der Waals surface area contributed by atoms with E-state index >= 15 is 0 Å². The molecule has 0 spiro atoms. The molecule has 0 aliphatic rings. The van der Waals surface area contributed by atoms with Gasteiger partial charge in [-0.05, 0) is 52.6 Å². The van der Waals surface area contributed by atoms with Crippen molar-refractivity contribution in [2.45, 2.75) is 0 Å². The molecule has 5 rings (SSSR count). The van der Waals surface area contributed by atoms with E-state index in [-0.39, 0.29) is 17.8 Å². The van der Waals surface area contributed by atoms with Crippen molar-refractivity contribution < 1.29 is 13.6 Å². The number of carbonyl (C=O) groups excluding carboxylic acids is 1. The highest BCUT2D eigenvalue weighted by Gasteiger charge is 2.15. The minimum Gasteiger partial charge on any atom is -0.459 e. The van der Waals surface area contributed by atoms with E-state index in [1.165, 1.54) is 6.26 Å². The van der Waals surface area contributed by atoms with Gasteiger partial charge in [0.2, 0.25) is 0 Å². The van der Waals surface area contributed by atoms with Crippen LogP contribution in [0.15, 0.2) is 106 Å². The molecule has 1 N–H and O–H groups in total. The zero-order chi connectivity index (χ0) is 21.0. The maximum absolute atomic E-state index is 12.7. The van der Waals surface area contributed by atoms with Gasteiger partial charge in [-0.3, -0.25) is 10.1 Å². The molecule has 0 aliphatic carbocycles. The van der Waals surface area contributed by atoms with Gasteiger partial charge in [-0.2, -0.15) is 0 Å². The predicted octanol–water partition coefficient (Wildman–Crippen LogP) is 5.92. The summed E-state index contributed by atoms with van der Waals surface area (Å²) in [5.74, 6) is 0.302.